The van der Waals surface area contributed by atoms with Gasteiger partial charge in [-0.1, -0.05) is 28.9 Å². The predicted molar refractivity (Wildman–Crippen MR) is 78.7 cm³/mol. The van der Waals surface area contributed by atoms with E-state index in [1.807, 2.05) is 17.0 Å². The lowest BCUT2D eigenvalue weighted by Gasteiger charge is -2.24. The molecule has 1 aromatic heterocycles. The molecule has 6 nitrogen and oxygen atoms in total. The normalized spacial score (nSPS) is 18.7. The van der Waals surface area contributed by atoms with Crippen LogP contribution in [0.2, 0.25) is 5.02 Å². The van der Waals surface area contributed by atoms with E-state index in [1.165, 1.54) is 0 Å². The van der Waals surface area contributed by atoms with Crippen LogP contribution in [0.1, 0.15) is 5.89 Å². The van der Waals surface area contributed by atoms with Gasteiger partial charge >= 0.3 is 0 Å². The van der Waals surface area contributed by atoms with E-state index < -0.39 is 9.84 Å². The first-order valence-electron chi connectivity index (χ1n) is 6.53. The van der Waals surface area contributed by atoms with Crippen LogP contribution in [0, 0.1) is 0 Å². The molecule has 2 heterocycles. The van der Waals surface area contributed by atoms with Gasteiger partial charge < -0.3 is 4.52 Å². The highest BCUT2D eigenvalue weighted by Gasteiger charge is 2.23. The summed E-state index contributed by atoms with van der Waals surface area (Å²) in [5.41, 5.74) is 0.790. The van der Waals surface area contributed by atoms with Crippen molar-refractivity contribution < 1.29 is 12.9 Å². The van der Waals surface area contributed by atoms with Crippen LogP contribution >= 0.6 is 11.6 Å². The molecule has 112 valence electrons. The van der Waals surface area contributed by atoms with Crippen molar-refractivity contribution in [2.75, 3.05) is 24.6 Å². The third kappa shape index (κ3) is 3.61. The molecule has 0 bridgehead atoms. The van der Waals surface area contributed by atoms with Crippen molar-refractivity contribution in [3.63, 3.8) is 0 Å². The maximum atomic E-state index is 11.4. The fraction of sp³-hybridized carbons (Fsp3) is 0.385. The van der Waals surface area contributed by atoms with Gasteiger partial charge in [0.25, 0.3) is 0 Å². The Labute approximate surface area is 127 Å². The zero-order chi connectivity index (χ0) is 14.9. The Kier molecular flexibility index (Phi) is 3.97. The summed E-state index contributed by atoms with van der Waals surface area (Å²) in [7, 11) is -2.87. The summed E-state index contributed by atoms with van der Waals surface area (Å²) < 4.78 is 28.0. The van der Waals surface area contributed by atoms with Crippen LogP contribution in [-0.2, 0) is 16.4 Å². The van der Waals surface area contributed by atoms with E-state index in [0.29, 0.717) is 36.4 Å². The van der Waals surface area contributed by atoms with E-state index >= 15 is 0 Å². The number of rotatable bonds is 3. The molecule has 1 aromatic carbocycles. The minimum atomic E-state index is -2.87. The SMILES string of the molecule is O=S1(=O)CCN(Cc2nc(-c3cccc(Cl)c3)no2)CC1. The average molecular weight is 328 g/mol. The molecule has 1 saturated heterocycles. The van der Waals surface area contributed by atoms with Gasteiger partial charge in [0.1, 0.15) is 0 Å². The maximum Gasteiger partial charge on any atom is 0.241 e. The van der Waals surface area contributed by atoms with Gasteiger partial charge in [-0.25, -0.2) is 8.42 Å². The average Bonchev–Trinajstić information content (AvgIpc) is 2.90. The first kappa shape index (κ1) is 14.5. The molecule has 0 spiro atoms. The first-order valence-corrected chi connectivity index (χ1v) is 8.73. The van der Waals surface area contributed by atoms with Gasteiger partial charge in [-0.15, -0.1) is 0 Å². The van der Waals surface area contributed by atoms with Gasteiger partial charge in [0.15, 0.2) is 9.84 Å². The lowest BCUT2D eigenvalue weighted by atomic mass is 10.2. The van der Waals surface area contributed by atoms with Crippen molar-refractivity contribution in [1.29, 1.82) is 0 Å². The smallest absolute Gasteiger partial charge is 0.241 e. The second-order valence-electron chi connectivity index (χ2n) is 4.95. The number of nitrogens with zero attached hydrogens (tertiary/aromatic N) is 3. The van der Waals surface area contributed by atoms with Crippen molar-refractivity contribution in [3.8, 4) is 11.4 Å². The summed E-state index contributed by atoms with van der Waals surface area (Å²) in [6.07, 6.45) is 0. The van der Waals surface area contributed by atoms with Gasteiger partial charge in [0.05, 0.1) is 18.1 Å². The van der Waals surface area contributed by atoms with Gasteiger partial charge in [-0.2, -0.15) is 4.98 Å². The summed E-state index contributed by atoms with van der Waals surface area (Å²) in [6, 6.07) is 7.22. The number of benzene rings is 1. The number of hydrogen-bond acceptors (Lipinski definition) is 6. The second kappa shape index (κ2) is 5.75. The van der Waals surface area contributed by atoms with Crippen LogP contribution in [0.25, 0.3) is 11.4 Å². The van der Waals surface area contributed by atoms with Crippen molar-refractivity contribution in [2.24, 2.45) is 0 Å². The van der Waals surface area contributed by atoms with Crippen LogP contribution in [0.15, 0.2) is 28.8 Å². The van der Waals surface area contributed by atoms with Crippen LogP contribution in [0.3, 0.4) is 0 Å². The quantitative estimate of drug-likeness (QED) is 0.852. The molecule has 1 fully saturated rings. The topological polar surface area (TPSA) is 76.3 Å². The minimum absolute atomic E-state index is 0.183. The highest BCUT2D eigenvalue weighted by molar-refractivity contribution is 7.91. The molecule has 0 N–H and O–H groups in total. The number of sulfone groups is 1. The molecule has 21 heavy (non-hydrogen) atoms. The van der Waals surface area contributed by atoms with E-state index in [0.717, 1.165) is 5.56 Å². The van der Waals surface area contributed by atoms with E-state index in [-0.39, 0.29) is 11.5 Å². The fourth-order valence-electron chi connectivity index (χ4n) is 2.16. The van der Waals surface area contributed by atoms with Crippen molar-refractivity contribution in [3.05, 3.63) is 35.2 Å². The third-order valence-corrected chi connectivity index (χ3v) is 5.19. The predicted octanol–water partition coefficient (Wildman–Crippen LogP) is 1.62. The molecular weight excluding hydrogens is 314 g/mol. The second-order valence-corrected chi connectivity index (χ2v) is 7.69. The molecule has 1 aliphatic rings. The van der Waals surface area contributed by atoms with Crippen LogP contribution < -0.4 is 0 Å². The molecule has 0 radical (unpaired) electrons. The summed E-state index contributed by atoms with van der Waals surface area (Å²) in [5.74, 6) is 1.33. The number of hydrogen-bond donors (Lipinski definition) is 0. The zero-order valence-electron chi connectivity index (χ0n) is 11.2. The molecule has 1 aliphatic heterocycles. The van der Waals surface area contributed by atoms with Crippen molar-refractivity contribution in [2.45, 2.75) is 6.54 Å². The molecule has 0 saturated carbocycles. The number of halogens is 1. The van der Waals surface area contributed by atoms with Gasteiger partial charge in [-0.05, 0) is 12.1 Å². The molecule has 3 rings (SSSR count). The molecule has 2 aromatic rings. The van der Waals surface area contributed by atoms with Crippen LogP contribution in [-0.4, -0.2) is 48.1 Å². The summed E-state index contributed by atoms with van der Waals surface area (Å²) in [6.45, 7) is 1.46. The summed E-state index contributed by atoms with van der Waals surface area (Å²) in [4.78, 5) is 6.32. The molecule has 8 heteroatoms. The van der Waals surface area contributed by atoms with Gasteiger partial charge in [0, 0.05) is 23.7 Å². The molecular formula is C13H14ClN3O3S. The van der Waals surface area contributed by atoms with E-state index in [1.54, 1.807) is 12.1 Å². The first-order chi connectivity index (χ1) is 10.0. The molecule has 0 aliphatic carbocycles. The Balaban J connectivity index is 1.68. The Hall–Kier alpha value is -1.44. The summed E-state index contributed by atoms with van der Waals surface area (Å²) in [5, 5.41) is 4.54. The van der Waals surface area contributed by atoms with E-state index in [9.17, 15) is 8.42 Å². The largest absolute Gasteiger partial charge is 0.338 e. The Bertz CT molecular complexity index is 731. The fourth-order valence-corrected chi connectivity index (χ4v) is 3.63. The Morgan fingerprint density at radius 1 is 1.29 bits per heavy atom. The van der Waals surface area contributed by atoms with Crippen molar-refractivity contribution in [1.82, 2.24) is 15.0 Å². The monoisotopic (exact) mass is 327 g/mol. The van der Waals surface area contributed by atoms with E-state index in [2.05, 4.69) is 10.1 Å². The Morgan fingerprint density at radius 2 is 2.05 bits per heavy atom. The minimum Gasteiger partial charge on any atom is -0.338 e. The maximum absolute atomic E-state index is 11.4. The Morgan fingerprint density at radius 3 is 2.76 bits per heavy atom. The van der Waals surface area contributed by atoms with E-state index in [4.69, 9.17) is 16.1 Å². The standard InChI is InChI=1S/C13H14ClN3O3S/c14-11-3-1-2-10(8-11)13-15-12(20-16-13)9-17-4-6-21(18,19)7-5-17/h1-3,8H,4-7,9H2. The van der Waals surface area contributed by atoms with Gasteiger partial charge in [0.2, 0.25) is 11.7 Å². The molecule has 0 atom stereocenters. The zero-order valence-corrected chi connectivity index (χ0v) is 12.8. The van der Waals surface area contributed by atoms with Crippen LogP contribution in [0.4, 0.5) is 0 Å². The van der Waals surface area contributed by atoms with Crippen LogP contribution in [0.5, 0.6) is 0 Å². The highest BCUT2D eigenvalue weighted by atomic mass is 35.5. The summed E-state index contributed by atoms with van der Waals surface area (Å²) >= 11 is 5.93. The third-order valence-electron chi connectivity index (χ3n) is 3.35. The number of aromatic nitrogens is 2. The van der Waals surface area contributed by atoms with Gasteiger partial charge in [-0.3, -0.25) is 4.90 Å². The molecule has 0 unspecified atom stereocenters. The lowest BCUT2D eigenvalue weighted by molar-refractivity contribution is 0.241. The van der Waals surface area contributed by atoms with Crippen molar-refractivity contribution >= 4 is 21.4 Å². The molecule has 0 amide bonds. The highest BCUT2D eigenvalue weighted by Crippen LogP contribution is 2.20. The lowest BCUT2D eigenvalue weighted by Crippen LogP contribution is -2.39.